The van der Waals surface area contributed by atoms with Crippen LogP contribution in [0.3, 0.4) is 0 Å². The van der Waals surface area contributed by atoms with Gasteiger partial charge in [0.05, 0.1) is 72.9 Å². The van der Waals surface area contributed by atoms with Gasteiger partial charge in [-0.15, -0.1) is 0 Å². The molecule has 0 aliphatic rings. The third-order valence-electron chi connectivity index (χ3n) is 10.1. The van der Waals surface area contributed by atoms with E-state index in [0.717, 1.165) is 34.6 Å². The van der Waals surface area contributed by atoms with Crippen LogP contribution in [0, 0.1) is 25.5 Å². The minimum absolute atomic E-state index is 0.265. The SMILES string of the molecule is CNC(=O)c1cnc(Cl)cc1Nc1cccc(-c2cnn(C)c2)c1OC.CNC(=O)c1cnc(Nc2cc(C)c(F)cn2)cc1Nc1cccc(-c2cnn(C)c2)c1OC.Cc1cc(N)ncc1F. The number of amides is 2. The number of ether oxygens (including phenoxy) is 2. The minimum atomic E-state index is -0.392. The Bertz CT molecular complexity index is 3110. The molecular formula is C48H49ClF2N14O4. The molecule has 2 amide bonds. The molecule has 2 aromatic carbocycles. The average Bonchev–Trinajstić information content (AvgIpc) is 3.99. The number of para-hydroxylation sites is 2. The largest absolute Gasteiger partial charge is 0.494 e. The third kappa shape index (κ3) is 12.4. The van der Waals surface area contributed by atoms with Crippen LogP contribution >= 0.6 is 11.6 Å². The fraction of sp³-hybridized carbons (Fsp3) is 0.167. The summed E-state index contributed by atoms with van der Waals surface area (Å²) in [6.45, 7) is 3.30. The summed E-state index contributed by atoms with van der Waals surface area (Å²) in [6.07, 6.45) is 12.5. The Labute approximate surface area is 401 Å². The second-order valence-corrected chi connectivity index (χ2v) is 15.3. The van der Waals surface area contributed by atoms with Crippen LogP contribution in [-0.2, 0) is 14.1 Å². The summed E-state index contributed by atoms with van der Waals surface area (Å²) in [5.41, 5.74) is 12.9. The van der Waals surface area contributed by atoms with Crippen LogP contribution in [-0.4, -0.2) is 79.6 Å². The van der Waals surface area contributed by atoms with Gasteiger partial charge in [0.25, 0.3) is 11.8 Å². The number of nitrogens with two attached hydrogens (primary N) is 1. The van der Waals surface area contributed by atoms with Gasteiger partial charge in [0.1, 0.15) is 45.7 Å². The van der Waals surface area contributed by atoms with Crippen LogP contribution in [0.25, 0.3) is 22.3 Å². The Morgan fingerprint density at radius 1 is 0.609 bits per heavy atom. The van der Waals surface area contributed by atoms with Crippen molar-refractivity contribution in [3.05, 3.63) is 149 Å². The lowest BCUT2D eigenvalue weighted by Crippen LogP contribution is -2.19. The number of aromatic nitrogens is 8. The first-order chi connectivity index (χ1) is 33.1. The molecule has 6 aromatic heterocycles. The molecule has 6 heterocycles. The van der Waals surface area contributed by atoms with E-state index in [-0.39, 0.29) is 22.8 Å². The molecule has 0 saturated carbocycles. The summed E-state index contributed by atoms with van der Waals surface area (Å²) >= 11 is 6.01. The van der Waals surface area contributed by atoms with Crippen molar-refractivity contribution in [1.29, 1.82) is 0 Å². The molecule has 18 nitrogen and oxygen atoms in total. The van der Waals surface area contributed by atoms with E-state index in [0.29, 0.717) is 74.0 Å². The zero-order chi connectivity index (χ0) is 49.8. The molecule has 0 aliphatic heterocycles. The number of carbonyl (C=O) groups is 2. The van der Waals surface area contributed by atoms with Gasteiger partial charge in [-0.1, -0.05) is 35.9 Å². The highest BCUT2D eigenvalue weighted by Crippen LogP contribution is 2.40. The molecule has 0 bridgehead atoms. The van der Waals surface area contributed by atoms with Gasteiger partial charge in [0.15, 0.2) is 0 Å². The number of carbonyl (C=O) groups excluding carboxylic acids is 2. The second kappa shape index (κ2) is 22.7. The van der Waals surface area contributed by atoms with Crippen molar-refractivity contribution >= 4 is 63.6 Å². The van der Waals surface area contributed by atoms with Gasteiger partial charge in [-0.25, -0.2) is 28.7 Å². The average molecular weight is 959 g/mol. The number of anilines is 7. The smallest absolute Gasteiger partial charge is 0.254 e. The first-order valence-electron chi connectivity index (χ1n) is 20.8. The molecule has 21 heteroatoms. The molecular weight excluding hydrogens is 910 g/mol. The molecule has 356 valence electrons. The third-order valence-corrected chi connectivity index (χ3v) is 10.3. The number of benzene rings is 2. The van der Waals surface area contributed by atoms with Crippen molar-refractivity contribution in [2.45, 2.75) is 13.8 Å². The van der Waals surface area contributed by atoms with Gasteiger partial charge < -0.3 is 41.8 Å². The summed E-state index contributed by atoms with van der Waals surface area (Å²) in [4.78, 5) is 40.5. The predicted molar refractivity (Wildman–Crippen MR) is 263 cm³/mol. The quantitative estimate of drug-likeness (QED) is 0.0632. The molecule has 0 atom stereocenters. The van der Waals surface area contributed by atoms with Crippen LogP contribution < -0.4 is 41.8 Å². The Morgan fingerprint density at radius 2 is 1.07 bits per heavy atom. The minimum Gasteiger partial charge on any atom is -0.494 e. The number of halogens is 3. The first-order valence-corrected chi connectivity index (χ1v) is 21.2. The molecule has 69 heavy (non-hydrogen) atoms. The zero-order valence-corrected chi connectivity index (χ0v) is 39.6. The summed E-state index contributed by atoms with van der Waals surface area (Å²) in [6, 6.07) is 17.7. The van der Waals surface area contributed by atoms with Crippen molar-refractivity contribution in [2.75, 3.05) is 50.0 Å². The zero-order valence-electron chi connectivity index (χ0n) is 38.8. The number of hydrogen-bond acceptors (Lipinski definition) is 14. The fourth-order valence-electron chi connectivity index (χ4n) is 6.67. The summed E-state index contributed by atoms with van der Waals surface area (Å²) in [7, 11) is 9.99. The monoisotopic (exact) mass is 958 g/mol. The topological polar surface area (TPSA) is 226 Å². The summed E-state index contributed by atoms with van der Waals surface area (Å²) in [5, 5.41) is 23.5. The van der Waals surface area contributed by atoms with E-state index >= 15 is 0 Å². The lowest BCUT2D eigenvalue weighted by Gasteiger charge is -2.17. The molecule has 0 radical (unpaired) electrons. The van der Waals surface area contributed by atoms with E-state index in [1.54, 1.807) is 82.1 Å². The lowest BCUT2D eigenvalue weighted by atomic mass is 10.1. The van der Waals surface area contributed by atoms with Crippen molar-refractivity contribution in [3.63, 3.8) is 0 Å². The Morgan fingerprint density at radius 3 is 1.52 bits per heavy atom. The standard InChI is InChI=1S/C24H24FN7O2.C18H18ClN5O2.C6H7FN2/c1-14-8-21(28-12-18(14)25)31-22-9-20(17(11-27-22)24(33)26-2)30-19-7-5-6-16(23(19)34-4)15-10-29-32(3)13-15;1-20-18(25)13-9-21-16(19)7-15(13)23-14-6-4-5-12(17(14)26-3)11-8-22-24(2)10-11;1-4-2-6(8)9-3-5(4)7/h5-13H,1-4H3,(H,26,33)(H2,27,28,30,31);4-10H,1-3H3,(H,20,25)(H,21,23);2-3H,1H3,(H2,8,9). The number of aryl methyl sites for hydroxylation is 4. The van der Waals surface area contributed by atoms with E-state index in [2.05, 4.69) is 56.7 Å². The van der Waals surface area contributed by atoms with Gasteiger partial charge in [0, 0.05) is 81.3 Å². The van der Waals surface area contributed by atoms with Gasteiger partial charge in [-0.3, -0.25) is 19.0 Å². The molecule has 7 N–H and O–H groups in total. The predicted octanol–water partition coefficient (Wildman–Crippen LogP) is 8.54. The molecule has 0 fully saturated rings. The van der Waals surface area contributed by atoms with Crippen molar-refractivity contribution in [1.82, 2.24) is 50.1 Å². The number of nitrogen functional groups attached to an aromatic ring is 1. The second-order valence-electron chi connectivity index (χ2n) is 15.0. The van der Waals surface area contributed by atoms with E-state index in [1.165, 1.54) is 18.5 Å². The van der Waals surface area contributed by atoms with E-state index in [4.69, 9.17) is 26.8 Å². The number of pyridine rings is 4. The van der Waals surface area contributed by atoms with Crippen LogP contribution in [0.5, 0.6) is 11.5 Å². The van der Waals surface area contributed by atoms with Crippen molar-refractivity contribution < 1.29 is 27.8 Å². The van der Waals surface area contributed by atoms with E-state index < -0.39 is 5.82 Å². The van der Waals surface area contributed by atoms with Crippen molar-refractivity contribution in [2.24, 2.45) is 14.1 Å². The summed E-state index contributed by atoms with van der Waals surface area (Å²) < 4.78 is 40.7. The Kier molecular flexibility index (Phi) is 16.4. The van der Waals surface area contributed by atoms with Gasteiger partial charge in [-0.05, 0) is 55.3 Å². The molecule has 8 aromatic rings. The fourth-order valence-corrected chi connectivity index (χ4v) is 6.83. The van der Waals surface area contributed by atoms with Crippen LogP contribution in [0.4, 0.5) is 49.0 Å². The normalized spacial score (nSPS) is 10.4. The number of rotatable bonds is 12. The molecule has 0 spiro atoms. The maximum Gasteiger partial charge on any atom is 0.254 e. The van der Waals surface area contributed by atoms with Crippen LogP contribution in [0.1, 0.15) is 31.8 Å². The van der Waals surface area contributed by atoms with Gasteiger partial charge in [-0.2, -0.15) is 10.2 Å². The first kappa shape index (κ1) is 49.8. The molecule has 0 aliphatic carbocycles. The number of nitrogens with zero attached hydrogens (tertiary/aromatic N) is 8. The van der Waals surface area contributed by atoms with Crippen LogP contribution in [0.15, 0.2) is 110 Å². The van der Waals surface area contributed by atoms with Crippen molar-refractivity contribution in [3.8, 4) is 33.8 Å². The number of methoxy groups -OCH3 is 2. The highest BCUT2D eigenvalue weighted by Gasteiger charge is 2.19. The summed E-state index contributed by atoms with van der Waals surface area (Å²) in [5.74, 6) is 1.17. The Balaban J connectivity index is 0.000000196. The lowest BCUT2D eigenvalue weighted by molar-refractivity contribution is 0.0955. The molecule has 0 unspecified atom stereocenters. The van der Waals surface area contributed by atoms with Gasteiger partial charge >= 0.3 is 0 Å². The van der Waals surface area contributed by atoms with Gasteiger partial charge in [0.2, 0.25) is 0 Å². The number of hydrogen-bond donors (Lipinski definition) is 6. The highest BCUT2D eigenvalue weighted by molar-refractivity contribution is 6.29. The maximum atomic E-state index is 13.6. The van der Waals surface area contributed by atoms with Crippen LogP contribution in [0.2, 0.25) is 5.15 Å². The Hall–Kier alpha value is -8.65. The maximum absolute atomic E-state index is 13.6. The van der Waals surface area contributed by atoms with E-state index in [9.17, 15) is 18.4 Å². The number of nitrogens with one attached hydrogen (secondary N) is 5. The molecule has 8 rings (SSSR count). The van der Waals surface area contributed by atoms with E-state index in [1.807, 2.05) is 62.9 Å². The highest BCUT2D eigenvalue weighted by atomic mass is 35.5. The molecule has 0 saturated heterocycles.